The highest BCUT2D eigenvalue weighted by Crippen LogP contribution is 2.19. The molecule has 144 valence electrons. The van der Waals surface area contributed by atoms with Crippen LogP contribution in [-0.2, 0) is 6.54 Å². The van der Waals surface area contributed by atoms with E-state index in [0.717, 1.165) is 22.4 Å². The Kier molecular flexibility index (Phi) is 6.68. The van der Waals surface area contributed by atoms with Crippen LogP contribution in [0.5, 0.6) is 0 Å². The van der Waals surface area contributed by atoms with Crippen LogP contribution in [0.3, 0.4) is 0 Å². The Labute approximate surface area is 181 Å². The smallest absolute Gasteiger partial charge is 0.287 e. The molecule has 0 aliphatic rings. The van der Waals surface area contributed by atoms with Crippen LogP contribution in [-0.4, -0.2) is 10.8 Å². The van der Waals surface area contributed by atoms with Gasteiger partial charge in [-0.1, -0.05) is 84.4 Å². The summed E-state index contributed by atoms with van der Waals surface area (Å²) in [5.41, 5.74) is 6.14. The van der Waals surface area contributed by atoms with E-state index in [-0.39, 0.29) is 29.3 Å². The molecule has 0 aliphatic heterocycles. The van der Waals surface area contributed by atoms with Gasteiger partial charge in [0, 0.05) is 17.2 Å². The Balaban J connectivity index is 0.00000240. The van der Waals surface area contributed by atoms with E-state index in [2.05, 4.69) is 48.3 Å². The number of aryl methyl sites for hydroxylation is 1. The minimum absolute atomic E-state index is 0. The number of benzene rings is 3. The number of aromatic nitrogens is 2. The second-order valence-electron chi connectivity index (χ2n) is 6.85. The van der Waals surface area contributed by atoms with Gasteiger partial charge >= 0.3 is 0 Å². The fourth-order valence-electron chi connectivity index (χ4n) is 3.11. The largest absolute Gasteiger partial charge is 1.00 e. The average molecular weight is 445 g/mol. The van der Waals surface area contributed by atoms with Gasteiger partial charge in [-0.05, 0) is 23.0 Å². The van der Waals surface area contributed by atoms with E-state index >= 15 is 0 Å². The third-order valence-electron chi connectivity index (χ3n) is 4.76. The number of Topliss-reactive ketones (excluding diaryl/α,β-unsaturated/α-hetero) is 1. The lowest BCUT2D eigenvalue weighted by Crippen LogP contribution is -3.00. The highest BCUT2D eigenvalue weighted by molar-refractivity contribution is 5.95. The Morgan fingerprint density at radius 2 is 1.41 bits per heavy atom. The monoisotopic (exact) mass is 444 g/mol. The maximum Gasteiger partial charge on any atom is 0.287 e. The van der Waals surface area contributed by atoms with Gasteiger partial charge in [-0.3, -0.25) is 4.79 Å². The van der Waals surface area contributed by atoms with Crippen molar-refractivity contribution in [3.63, 3.8) is 0 Å². The molecule has 0 aliphatic carbocycles. The summed E-state index contributed by atoms with van der Waals surface area (Å²) < 4.78 is 1.81. The number of halogens is 1. The highest BCUT2D eigenvalue weighted by atomic mass is 79.9. The van der Waals surface area contributed by atoms with E-state index < -0.39 is 0 Å². The molecule has 0 bridgehead atoms. The summed E-state index contributed by atoms with van der Waals surface area (Å²) in [5, 5.41) is 0. The molecule has 29 heavy (non-hydrogen) atoms. The van der Waals surface area contributed by atoms with Gasteiger partial charge in [0.05, 0.1) is 6.20 Å². The van der Waals surface area contributed by atoms with Crippen molar-refractivity contribution in [2.24, 2.45) is 0 Å². The molecule has 1 aromatic heterocycles. The number of carbonyl (C=O) groups is 1. The fourth-order valence-corrected chi connectivity index (χ4v) is 3.11. The molecular formula is C25H21BrN2O. The van der Waals surface area contributed by atoms with Crippen molar-refractivity contribution in [3.8, 4) is 22.4 Å². The number of hydrogen-bond acceptors (Lipinski definition) is 2. The summed E-state index contributed by atoms with van der Waals surface area (Å²) >= 11 is 0. The summed E-state index contributed by atoms with van der Waals surface area (Å²) in [6, 6.07) is 28.1. The summed E-state index contributed by atoms with van der Waals surface area (Å²) in [6.07, 6.45) is 3.61. The van der Waals surface area contributed by atoms with E-state index in [1.807, 2.05) is 59.3 Å². The average Bonchev–Trinajstić information content (AvgIpc) is 2.76. The van der Waals surface area contributed by atoms with Crippen LogP contribution < -0.4 is 21.5 Å². The summed E-state index contributed by atoms with van der Waals surface area (Å²) in [7, 11) is 0. The zero-order chi connectivity index (χ0) is 19.3. The van der Waals surface area contributed by atoms with Crippen LogP contribution in [0, 0.1) is 6.92 Å². The number of rotatable bonds is 5. The van der Waals surface area contributed by atoms with Crippen LogP contribution in [0.2, 0.25) is 0 Å². The number of carbonyl (C=O) groups excluding carboxylic acids is 1. The van der Waals surface area contributed by atoms with Gasteiger partial charge in [0.15, 0.2) is 12.2 Å². The van der Waals surface area contributed by atoms with E-state index in [4.69, 9.17) is 0 Å². The van der Waals surface area contributed by atoms with Crippen molar-refractivity contribution >= 4 is 5.78 Å². The van der Waals surface area contributed by atoms with Crippen molar-refractivity contribution < 1.29 is 26.3 Å². The topological polar surface area (TPSA) is 33.8 Å². The Hall–Kier alpha value is -3.11. The standard InChI is InChI=1S/C25H21N2O.BrH/c1-19-7-9-22(10-8-19)24-15-16-27(18-26-24)17-25(28)23-13-11-21(12-14-23)20-5-3-2-4-6-20;/h2-16,18H,17H2,1H3;1H/q+1;/p-1. The molecule has 4 aromatic rings. The molecule has 0 fully saturated rings. The lowest BCUT2D eigenvalue weighted by molar-refractivity contribution is -0.686. The Morgan fingerprint density at radius 1 is 0.793 bits per heavy atom. The number of ketones is 1. The summed E-state index contributed by atoms with van der Waals surface area (Å²) in [4.78, 5) is 17.1. The Morgan fingerprint density at radius 3 is 2.03 bits per heavy atom. The first kappa shape index (κ1) is 20.6. The lowest BCUT2D eigenvalue weighted by atomic mass is 10.0. The molecule has 0 atom stereocenters. The highest BCUT2D eigenvalue weighted by Gasteiger charge is 2.12. The van der Waals surface area contributed by atoms with Gasteiger partial charge in [-0.25, -0.2) is 4.57 Å². The molecule has 0 amide bonds. The van der Waals surface area contributed by atoms with Crippen LogP contribution in [0.15, 0.2) is 97.5 Å². The van der Waals surface area contributed by atoms with Crippen LogP contribution in [0.1, 0.15) is 15.9 Å². The predicted molar refractivity (Wildman–Crippen MR) is 111 cm³/mol. The molecule has 0 saturated heterocycles. The molecule has 3 aromatic carbocycles. The third kappa shape index (κ3) is 5.04. The van der Waals surface area contributed by atoms with Gasteiger partial charge in [0.1, 0.15) is 0 Å². The van der Waals surface area contributed by atoms with E-state index in [9.17, 15) is 4.79 Å². The van der Waals surface area contributed by atoms with Crippen LogP contribution in [0.4, 0.5) is 0 Å². The Bertz CT molecular complexity index is 1070. The third-order valence-corrected chi connectivity index (χ3v) is 4.76. The molecule has 0 N–H and O–H groups in total. The minimum Gasteiger partial charge on any atom is -1.00 e. The van der Waals surface area contributed by atoms with Gasteiger partial charge in [-0.2, -0.15) is 0 Å². The van der Waals surface area contributed by atoms with Gasteiger partial charge < -0.3 is 17.0 Å². The van der Waals surface area contributed by atoms with Crippen molar-refractivity contribution in [2.45, 2.75) is 13.5 Å². The zero-order valence-electron chi connectivity index (χ0n) is 16.1. The first-order valence-corrected chi connectivity index (χ1v) is 9.30. The second kappa shape index (κ2) is 9.39. The fraction of sp³-hybridized carbons (Fsp3) is 0.0800. The van der Waals surface area contributed by atoms with Crippen molar-refractivity contribution in [1.82, 2.24) is 4.98 Å². The molecular weight excluding hydrogens is 424 g/mol. The molecule has 1 heterocycles. The maximum atomic E-state index is 12.6. The first-order chi connectivity index (χ1) is 13.7. The number of nitrogens with zero attached hydrogens (tertiary/aromatic N) is 2. The summed E-state index contributed by atoms with van der Waals surface area (Å²) in [5.74, 6) is 0.0643. The van der Waals surface area contributed by atoms with Crippen molar-refractivity contribution in [2.75, 3.05) is 0 Å². The van der Waals surface area contributed by atoms with Crippen LogP contribution >= 0.6 is 0 Å². The van der Waals surface area contributed by atoms with E-state index in [0.29, 0.717) is 5.56 Å². The first-order valence-electron chi connectivity index (χ1n) is 9.30. The van der Waals surface area contributed by atoms with E-state index in [1.54, 1.807) is 6.33 Å². The maximum absolute atomic E-state index is 12.6. The predicted octanol–water partition coefficient (Wildman–Crippen LogP) is 1.90. The van der Waals surface area contributed by atoms with Crippen molar-refractivity contribution in [1.29, 1.82) is 0 Å². The molecule has 4 heteroatoms. The molecule has 0 spiro atoms. The lowest BCUT2D eigenvalue weighted by Gasteiger charge is -2.04. The summed E-state index contributed by atoms with van der Waals surface area (Å²) in [6.45, 7) is 2.33. The van der Waals surface area contributed by atoms with E-state index in [1.165, 1.54) is 5.56 Å². The van der Waals surface area contributed by atoms with Gasteiger partial charge in [0.25, 0.3) is 6.33 Å². The molecule has 0 radical (unpaired) electrons. The second-order valence-corrected chi connectivity index (χ2v) is 6.85. The number of hydrogen-bond donors (Lipinski definition) is 0. The van der Waals surface area contributed by atoms with Crippen LogP contribution in [0.25, 0.3) is 22.4 Å². The van der Waals surface area contributed by atoms with Gasteiger partial charge in [0.2, 0.25) is 5.78 Å². The quantitative estimate of drug-likeness (QED) is 0.348. The normalized spacial score (nSPS) is 10.2. The molecule has 3 nitrogen and oxygen atoms in total. The minimum atomic E-state index is 0. The molecule has 0 saturated carbocycles. The zero-order valence-corrected chi connectivity index (χ0v) is 17.7. The van der Waals surface area contributed by atoms with Gasteiger partial charge in [-0.15, -0.1) is 0 Å². The van der Waals surface area contributed by atoms with Crippen molar-refractivity contribution in [3.05, 3.63) is 109 Å². The SMILES string of the molecule is Cc1ccc(-c2cc[n+](CC(=O)c3ccc(-c4ccccc4)cc3)cn2)cc1.[Br-]. The molecule has 4 rings (SSSR count). The molecule has 0 unspecified atom stereocenters.